The summed E-state index contributed by atoms with van der Waals surface area (Å²) in [5.41, 5.74) is 0. The summed E-state index contributed by atoms with van der Waals surface area (Å²) in [6.45, 7) is -1.29. The molecule has 0 radical (unpaired) electrons. The van der Waals surface area contributed by atoms with Gasteiger partial charge in [0.2, 0.25) is 5.91 Å². The highest BCUT2D eigenvalue weighted by molar-refractivity contribution is 5.89. The number of nitrogens with one attached hydrogen (secondary N) is 1. The number of rotatable bonds is 1. The summed E-state index contributed by atoms with van der Waals surface area (Å²) in [6, 6.07) is 0. The number of carbonyl (C=O) groups excluding carboxylic acids is 2. The Hall–Kier alpha value is -1.41. The van der Waals surface area contributed by atoms with Gasteiger partial charge in [0.1, 0.15) is 0 Å². The standard InChI is InChI=1S/C7H7F5N2O2/c8-6(9,7(10,11)12)5(16)14-2-1-13-4(15)3-14/h1-3H2,(H,13,15). The zero-order valence-corrected chi connectivity index (χ0v) is 7.77. The molecule has 1 rings (SSSR count). The summed E-state index contributed by atoms with van der Waals surface area (Å²) in [5.74, 6) is -8.61. The molecule has 0 atom stereocenters. The predicted octanol–water partition coefficient (Wildman–Crippen LogP) is 0.142. The topological polar surface area (TPSA) is 49.4 Å². The van der Waals surface area contributed by atoms with Gasteiger partial charge in [0.05, 0.1) is 6.54 Å². The van der Waals surface area contributed by atoms with Crippen LogP contribution in [0.15, 0.2) is 0 Å². The van der Waals surface area contributed by atoms with Crippen molar-refractivity contribution in [3.05, 3.63) is 0 Å². The number of halogens is 5. The van der Waals surface area contributed by atoms with Gasteiger partial charge in [-0.3, -0.25) is 9.59 Å². The Morgan fingerprint density at radius 2 is 1.81 bits per heavy atom. The number of amides is 2. The Labute approximate surface area is 86.4 Å². The molecule has 0 unspecified atom stereocenters. The van der Waals surface area contributed by atoms with Crippen LogP contribution in [0, 0.1) is 0 Å². The monoisotopic (exact) mass is 246 g/mol. The molecule has 0 spiro atoms. The van der Waals surface area contributed by atoms with Gasteiger partial charge in [0.15, 0.2) is 0 Å². The van der Waals surface area contributed by atoms with Gasteiger partial charge in [-0.25, -0.2) is 0 Å². The Bertz CT molecular complexity index is 314. The Balaban J connectivity index is 2.81. The Morgan fingerprint density at radius 1 is 1.25 bits per heavy atom. The average Bonchev–Trinajstić information content (AvgIpc) is 2.14. The van der Waals surface area contributed by atoms with Crippen LogP contribution in [0.5, 0.6) is 0 Å². The Morgan fingerprint density at radius 3 is 2.25 bits per heavy atom. The summed E-state index contributed by atoms with van der Waals surface area (Å²) < 4.78 is 60.7. The third-order valence-corrected chi connectivity index (χ3v) is 1.95. The van der Waals surface area contributed by atoms with E-state index in [1.807, 2.05) is 0 Å². The Kier molecular flexibility index (Phi) is 3.06. The molecule has 0 aliphatic carbocycles. The van der Waals surface area contributed by atoms with Crippen molar-refractivity contribution in [2.75, 3.05) is 19.6 Å². The second-order valence-electron chi connectivity index (χ2n) is 3.15. The quantitative estimate of drug-likeness (QED) is 0.669. The van der Waals surface area contributed by atoms with Crippen LogP contribution in [0.25, 0.3) is 0 Å². The average molecular weight is 246 g/mol. The minimum Gasteiger partial charge on any atom is -0.353 e. The van der Waals surface area contributed by atoms with Crippen molar-refractivity contribution >= 4 is 11.8 Å². The van der Waals surface area contributed by atoms with Gasteiger partial charge < -0.3 is 10.2 Å². The van der Waals surface area contributed by atoms with Gasteiger partial charge in [-0.15, -0.1) is 0 Å². The number of hydrogen-bond acceptors (Lipinski definition) is 2. The summed E-state index contributed by atoms with van der Waals surface area (Å²) >= 11 is 0. The van der Waals surface area contributed by atoms with Crippen molar-refractivity contribution in [2.45, 2.75) is 12.1 Å². The van der Waals surface area contributed by atoms with Crippen LogP contribution in [0.3, 0.4) is 0 Å². The molecule has 1 saturated heterocycles. The summed E-state index contributed by atoms with van der Waals surface area (Å²) in [4.78, 5) is 21.8. The van der Waals surface area contributed by atoms with Crippen LogP contribution in [-0.4, -0.2) is 48.4 Å². The number of carbonyl (C=O) groups is 2. The lowest BCUT2D eigenvalue weighted by molar-refractivity contribution is -0.274. The smallest absolute Gasteiger partial charge is 0.353 e. The molecule has 2 amide bonds. The fourth-order valence-electron chi connectivity index (χ4n) is 1.13. The third kappa shape index (κ3) is 2.22. The highest BCUT2D eigenvalue weighted by atomic mass is 19.4. The lowest BCUT2D eigenvalue weighted by Gasteiger charge is -2.30. The molecular weight excluding hydrogens is 239 g/mol. The van der Waals surface area contributed by atoms with Crippen LogP contribution in [0.4, 0.5) is 22.0 Å². The summed E-state index contributed by atoms with van der Waals surface area (Å²) in [6.07, 6.45) is -5.95. The highest BCUT2D eigenvalue weighted by Crippen LogP contribution is 2.36. The molecule has 92 valence electrons. The third-order valence-electron chi connectivity index (χ3n) is 1.95. The van der Waals surface area contributed by atoms with E-state index in [1.54, 1.807) is 0 Å². The van der Waals surface area contributed by atoms with Gasteiger partial charge in [0.25, 0.3) is 0 Å². The molecule has 1 heterocycles. The van der Waals surface area contributed by atoms with Crippen LogP contribution in [0.2, 0.25) is 0 Å². The number of alkyl halides is 5. The SMILES string of the molecule is O=C1CN(C(=O)C(F)(F)C(F)(F)F)CCN1. The van der Waals surface area contributed by atoms with E-state index in [9.17, 15) is 31.5 Å². The minimum atomic E-state index is -5.95. The first-order valence-electron chi connectivity index (χ1n) is 4.17. The first-order chi connectivity index (χ1) is 7.16. The molecule has 1 fully saturated rings. The lowest BCUT2D eigenvalue weighted by Crippen LogP contribution is -2.58. The molecule has 4 nitrogen and oxygen atoms in total. The van der Waals surface area contributed by atoms with Gasteiger partial charge >= 0.3 is 18.0 Å². The second-order valence-corrected chi connectivity index (χ2v) is 3.15. The van der Waals surface area contributed by atoms with Crippen molar-refractivity contribution in [1.29, 1.82) is 0 Å². The van der Waals surface area contributed by atoms with Crippen molar-refractivity contribution in [1.82, 2.24) is 10.2 Å². The van der Waals surface area contributed by atoms with E-state index in [2.05, 4.69) is 5.32 Å². The van der Waals surface area contributed by atoms with Crippen LogP contribution >= 0.6 is 0 Å². The van der Waals surface area contributed by atoms with E-state index >= 15 is 0 Å². The molecule has 0 aromatic rings. The minimum absolute atomic E-state index is 0.140. The molecular formula is C7H7F5N2O2. The fraction of sp³-hybridized carbons (Fsp3) is 0.714. The maximum Gasteiger partial charge on any atom is 0.463 e. The summed E-state index contributed by atoms with van der Waals surface area (Å²) in [5, 5.41) is 2.20. The van der Waals surface area contributed by atoms with E-state index in [1.165, 1.54) is 0 Å². The molecule has 1 aliphatic heterocycles. The van der Waals surface area contributed by atoms with E-state index in [0.717, 1.165) is 0 Å². The molecule has 0 bridgehead atoms. The predicted molar refractivity (Wildman–Crippen MR) is 40.6 cm³/mol. The van der Waals surface area contributed by atoms with E-state index < -0.39 is 30.5 Å². The summed E-state index contributed by atoms with van der Waals surface area (Å²) in [7, 11) is 0. The van der Waals surface area contributed by atoms with Crippen molar-refractivity contribution in [2.24, 2.45) is 0 Å². The molecule has 0 aromatic carbocycles. The molecule has 16 heavy (non-hydrogen) atoms. The zero-order chi connectivity index (χ0) is 12.6. The van der Waals surface area contributed by atoms with E-state index in [0.29, 0.717) is 0 Å². The van der Waals surface area contributed by atoms with Gasteiger partial charge in [-0.05, 0) is 0 Å². The van der Waals surface area contributed by atoms with Crippen LogP contribution in [0.1, 0.15) is 0 Å². The number of piperazine rings is 1. The zero-order valence-electron chi connectivity index (χ0n) is 7.77. The molecule has 9 heteroatoms. The van der Waals surface area contributed by atoms with Crippen molar-refractivity contribution in [3.63, 3.8) is 0 Å². The molecule has 1 aliphatic rings. The fourth-order valence-corrected chi connectivity index (χ4v) is 1.13. The van der Waals surface area contributed by atoms with Crippen LogP contribution in [-0.2, 0) is 9.59 Å². The number of nitrogens with zero attached hydrogens (tertiary/aromatic N) is 1. The van der Waals surface area contributed by atoms with Gasteiger partial charge in [-0.2, -0.15) is 22.0 Å². The van der Waals surface area contributed by atoms with Crippen molar-refractivity contribution in [3.8, 4) is 0 Å². The maximum atomic E-state index is 12.6. The lowest BCUT2D eigenvalue weighted by atomic mass is 10.2. The van der Waals surface area contributed by atoms with E-state index in [4.69, 9.17) is 0 Å². The van der Waals surface area contributed by atoms with Crippen molar-refractivity contribution < 1.29 is 31.5 Å². The molecule has 1 N–H and O–H groups in total. The number of hydrogen-bond donors (Lipinski definition) is 1. The van der Waals surface area contributed by atoms with Gasteiger partial charge in [0, 0.05) is 13.1 Å². The molecule has 0 saturated carbocycles. The normalized spacial score (nSPS) is 18.3. The first-order valence-corrected chi connectivity index (χ1v) is 4.17. The first kappa shape index (κ1) is 12.7. The second kappa shape index (κ2) is 3.87. The van der Waals surface area contributed by atoms with E-state index in [-0.39, 0.29) is 18.0 Å². The van der Waals surface area contributed by atoms with Crippen LogP contribution < -0.4 is 5.32 Å². The van der Waals surface area contributed by atoms with Gasteiger partial charge in [-0.1, -0.05) is 0 Å². The maximum absolute atomic E-state index is 12.6. The molecule has 0 aromatic heterocycles. The largest absolute Gasteiger partial charge is 0.463 e. The highest BCUT2D eigenvalue weighted by Gasteiger charge is 2.64.